The fourth-order valence-corrected chi connectivity index (χ4v) is 2.66. The number of benzene rings is 1. The molecule has 6 nitrogen and oxygen atoms in total. The van der Waals surface area contributed by atoms with Crippen LogP contribution < -0.4 is 5.32 Å². The molecule has 1 unspecified atom stereocenters. The van der Waals surface area contributed by atoms with E-state index in [-0.39, 0.29) is 5.69 Å². The Labute approximate surface area is 128 Å². The van der Waals surface area contributed by atoms with E-state index in [1.807, 2.05) is 0 Å². The lowest BCUT2D eigenvalue weighted by Gasteiger charge is -2.14. The number of nitrogens with zero attached hydrogens (tertiary/aromatic N) is 2. The van der Waals surface area contributed by atoms with Crippen molar-refractivity contribution in [3.05, 3.63) is 28.3 Å². The molecule has 0 saturated heterocycles. The van der Waals surface area contributed by atoms with Gasteiger partial charge < -0.3 is 10.3 Å². The zero-order valence-corrected chi connectivity index (χ0v) is 12.7. The fraction of sp³-hybridized carbons (Fsp3) is 0.500. The first-order valence-electron chi connectivity index (χ1n) is 7.08. The lowest BCUT2D eigenvalue weighted by Crippen LogP contribution is -2.15. The van der Waals surface area contributed by atoms with Crippen LogP contribution in [0.4, 0.5) is 11.6 Å². The zero-order chi connectivity index (χ0) is 15.2. The summed E-state index contributed by atoms with van der Waals surface area (Å²) in [6.45, 7) is 2.95. The molecular weight excluding hydrogens is 292 g/mol. The molecule has 1 atom stereocenters. The van der Waals surface area contributed by atoms with E-state index in [1.165, 1.54) is 12.1 Å². The highest BCUT2D eigenvalue weighted by molar-refractivity contribution is 6.17. The molecule has 2 aromatic rings. The molecule has 0 aliphatic rings. The van der Waals surface area contributed by atoms with Crippen molar-refractivity contribution in [1.82, 2.24) is 9.97 Å². The highest BCUT2D eigenvalue weighted by Crippen LogP contribution is 2.21. The van der Waals surface area contributed by atoms with Gasteiger partial charge in [-0.2, -0.15) is 0 Å². The van der Waals surface area contributed by atoms with Gasteiger partial charge in [0.1, 0.15) is 0 Å². The number of nitro groups is 1. The number of hydrogen-bond acceptors (Lipinski definition) is 4. The summed E-state index contributed by atoms with van der Waals surface area (Å²) in [6, 6.07) is 4.60. The molecule has 2 N–H and O–H groups in total. The minimum atomic E-state index is -0.412. The number of aromatic amines is 1. The molecule has 0 aliphatic carbocycles. The standard InChI is InChI=1S/C14H19ClN4O2/c1-2-3-10(6-7-15)9-16-14-17-12-5-4-11(19(20)21)8-13(12)18-14/h4-5,8,10H,2-3,6-7,9H2,1H3,(H2,16,17,18). The number of nitro benzene ring substituents is 1. The number of H-pyrrole nitrogens is 1. The summed E-state index contributed by atoms with van der Waals surface area (Å²) in [4.78, 5) is 17.8. The topological polar surface area (TPSA) is 83.8 Å². The Morgan fingerprint density at radius 3 is 2.95 bits per heavy atom. The number of aromatic nitrogens is 2. The third kappa shape index (κ3) is 4.07. The van der Waals surface area contributed by atoms with E-state index in [1.54, 1.807) is 6.07 Å². The summed E-state index contributed by atoms with van der Waals surface area (Å²) >= 11 is 5.81. The number of hydrogen-bond donors (Lipinski definition) is 2. The van der Waals surface area contributed by atoms with Crippen molar-refractivity contribution in [1.29, 1.82) is 0 Å². The first-order valence-corrected chi connectivity index (χ1v) is 7.61. The average molecular weight is 311 g/mol. The van der Waals surface area contributed by atoms with Gasteiger partial charge in [-0.15, -0.1) is 11.6 Å². The van der Waals surface area contributed by atoms with Gasteiger partial charge in [0.25, 0.3) is 5.69 Å². The second kappa shape index (κ2) is 7.26. The molecule has 0 fully saturated rings. The number of alkyl halides is 1. The molecular formula is C14H19ClN4O2. The van der Waals surface area contributed by atoms with E-state index in [9.17, 15) is 10.1 Å². The van der Waals surface area contributed by atoms with Crippen molar-refractivity contribution < 1.29 is 4.92 Å². The number of anilines is 1. The van der Waals surface area contributed by atoms with Gasteiger partial charge in [0.15, 0.2) is 0 Å². The number of rotatable bonds is 8. The van der Waals surface area contributed by atoms with Gasteiger partial charge in [0.05, 0.1) is 16.0 Å². The zero-order valence-electron chi connectivity index (χ0n) is 11.9. The van der Waals surface area contributed by atoms with E-state index in [2.05, 4.69) is 22.2 Å². The fourth-order valence-electron chi connectivity index (χ4n) is 2.35. The summed E-state index contributed by atoms with van der Waals surface area (Å²) in [5.74, 6) is 1.80. The second-order valence-corrected chi connectivity index (χ2v) is 5.44. The van der Waals surface area contributed by atoms with Crippen molar-refractivity contribution in [3.63, 3.8) is 0 Å². The van der Waals surface area contributed by atoms with Gasteiger partial charge >= 0.3 is 0 Å². The van der Waals surface area contributed by atoms with Crippen LogP contribution in [0.15, 0.2) is 18.2 Å². The van der Waals surface area contributed by atoms with Gasteiger partial charge in [-0.1, -0.05) is 13.3 Å². The average Bonchev–Trinajstić information content (AvgIpc) is 2.87. The predicted octanol–water partition coefficient (Wildman–Crippen LogP) is 3.93. The van der Waals surface area contributed by atoms with E-state index in [4.69, 9.17) is 11.6 Å². The largest absolute Gasteiger partial charge is 0.356 e. The Balaban J connectivity index is 2.06. The highest BCUT2D eigenvalue weighted by Gasteiger charge is 2.11. The predicted molar refractivity (Wildman–Crippen MR) is 85.0 cm³/mol. The minimum absolute atomic E-state index is 0.0590. The summed E-state index contributed by atoms with van der Waals surface area (Å²) in [6.07, 6.45) is 3.20. The second-order valence-electron chi connectivity index (χ2n) is 5.06. The van der Waals surface area contributed by atoms with Crippen molar-refractivity contribution in [2.24, 2.45) is 5.92 Å². The van der Waals surface area contributed by atoms with Crippen LogP contribution in [0, 0.1) is 16.0 Å². The van der Waals surface area contributed by atoms with E-state index >= 15 is 0 Å². The molecule has 0 aliphatic heterocycles. The molecule has 0 radical (unpaired) electrons. The first kappa shape index (κ1) is 15.6. The van der Waals surface area contributed by atoms with Crippen LogP contribution in [0.25, 0.3) is 11.0 Å². The molecule has 114 valence electrons. The van der Waals surface area contributed by atoms with E-state index in [0.717, 1.165) is 25.8 Å². The quantitative estimate of drug-likeness (QED) is 0.439. The van der Waals surface area contributed by atoms with Gasteiger partial charge in [-0.3, -0.25) is 10.1 Å². The van der Waals surface area contributed by atoms with Crippen LogP contribution >= 0.6 is 11.6 Å². The number of non-ortho nitro benzene ring substituents is 1. The molecule has 1 heterocycles. The molecule has 7 heteroatoms. The van der Waals surface area contributed by atoms with Crippen LogP contribution in [0.3, 0.4) is 0 Å². The molecule has 21 heavy (non-hydrogen) atoms. The van der Waals surface area contributed by atoms with Gasteiger partial charge in [0.2, 0.25) is 5.95 Å². The Kier molecular flexibility index (Phi) is 5.38. The molecule has 1 aromatic carbocycles. The van der Waals surface area contributed by atoms with E-state index < -0.39 is 4.92 Å². The summed E-state index contributed by atoms with van der Waals surface area (Å²) in [5.41, 5.74) is 1.44. The molecule has 0 amide bonds. The van der Waals surface area contributed by atoms with Crippen molar-refractivity contribution in [2.75, 3.05) is 17.7 Å². The maximum absolute atomic E-state index is 10.8. The highest BCUT2D eigenvalue weighted by atomic mass is 35.5. The SMILES string of the molecule is CCCC(CCCl)CNc1nc2ccc([N+](=O)[O-])cc2[nH]1. The van der Waals surface area contributed by atoms with Gasteiger partial charge in [-0.05, 0) is 24.8 Å². The molecule has 2 rings (SSSR count). The van der Waals surface area contributed by atoms with Crippen molar-refractivity contribution in [2.45, 2.75) is 26.2 Å². The lowest BCUT2D eigenvalue weighted by molar-refractivity contribution is -0.384. The summed E-state index contributed by atoms with van der Waals surface area (Å²) in [7, 11) is 0. The third-order valence-corrected chi connectivity index (χ3v) is 3.67. The summed E-state index contributed by atoms with van der Waals surface area (Å²) in [5, 5.41) is 14.0. The van der Waals surface area contributed by atoms with Crippen LogP contribution in [0.5, 0.6) is 0 Å². The van der Waals surface area contributed by atoms with Crippen LogP contribution in [-0.2, 0) is 0 Å². The molecule has 0 spiro atoms. The number of imidazole rings is 1. The number of nitrogens with one attached hydrogen (secondary N) is 2. The van der Waals surface area contributed by atoms with Crippen LogP contribution in [0.1, 0.15) is 26.2 Å². The Bertz CT molecular complexity index is 608. The van der Waals surface area contributed by atoms with Crippen LogP contribution in [-0.4, -0.2) is 27.3 Å². The number of fused-ring (bicyclic) bond motifs is 1. The van der Waals surface area contributed by atoms with Gasteiger partial charge in [-0.25, -0.2) is 4.98 Å². The third-order valence-electron chi connectivity index (χ3n) is 3.45. The minimum Gasteiger partial charge on any atom is -0.356 e. The number of halogens is 1. The molecule has 0 saturated carbocycles. The Morgan fingerprint density at radius 1 is 1.48 bits per heavy atom. The Morgan fingerprint density at radius 2 is 2.29 bits per heavy atom. The lowest BCUT2D eigenvalue weighted by atomic mass is 10.0. The summed E-state index contributed by atoms with van der Waals surface area (Å²) < 4.78 is 0. The Hall–Kier alpha value is -1.82. The van der Waals surface area contributed by atoms with E-state index in [0.29, 0.717) is 28.8 Å². The first-order chi connectivity index (χ1) is 10.1. The van der Waals surface area contributed by atoms with Gasteiger partial charge in [0, 0.05) is 24.6 Å². The molecule has 0 bridgehead atoms. The van der Waals surface area contributed by atoms with Crippen LogP contribution in [0.2, 0.25) is 0 Å². The normalized spacial score (nSPS) is 12.5. The molecule has 1 aromatic heterocycles. The van der Waals surface area contributed by atoms with Crippen molar-refractivity contribution in [3.8, 4) is 0 Å². The maximum Gasteiger partial charge on any atom is 0.271 e. The maximum atomic E-state index is 10.8. The van der Waals surface area contributed by atoms with Crippen molar-refractivity contribution >= 4 is 34.3 Å². The monoisotopic (exact) mass is 310 g/mol. The smallest absolute Gasteiger partial charge is 0.271 e.